The summed E-state index contributed by atoms with van der Waals surface area (Å²) in [6, 6.07) is 0.372. The Labute approximate surface area is 134 Å². The maximum absolute atomic E-state index is 12.6. The van der Waals surface area contributed by atoms with E-state index in [0.29, 0.717) is 31.0 Å². The Bertz CT molecular complexity index is 397. The molecule has 22 heavy (non-hydrogen) atoms. The summed E-state index contributed by atoms with van der Waals surface area (Å²) in [5, 5.41) is 3.28. The minimum absolute atomic E-state index is 0.0583. The van der Waals surface area contributed by atoms with E-state index in [9.17, 15) is 9.59 Å². The highest BCUT2D eigenvalue weighted by atomic mass is 16.2. The molecule has 1 aliphatic carbocycles. The van der Waals surface area contributed by atoms with Crippen molar-refractivity contribution in [3.8, 4) is 0 Å². The number of amides is 3. The van der Waals surface area contributed by atoms with Crippen LogP contribution in [0.1, 0.15) is 52.9 Å². The zero-order chi connectivity index (χ0) is 16.1. The van der Waals surface area contributed by atoms with Crippen molar-refractivity contribution in [2.75, 3.05) is 26.2 Å². The Morgan fingerprint density at radius 2 is 1.59 bits per heavy atom. The van der Waals surface area contributed by atoms with Gasteiger partial charge in [-0.1, -0.05) is 26.7 Å². The normalized spacial score (nSPS) is 26.7. The molecule has 0 radical (unpaired) electrons. The number of rotatable bonds is 2. The van der Waals surface area contributed by atoms with Crippen LogP contribution in [-0.4, -0.2) is 54.0 Å². The van der Waals surface area contributed by atoms with Crippen molar-refractivity contribution in [1.82, 2.24) is 15.1 Å². The molecule has 0 aromatic heterocycles. The van der Waals surface area contributed by atoms with Crippen molar-refractivity contribution in [2.45, 2.75) is 58.9 Å². The number of carbonyl (C=O) groups excluding carboxylic acids is 2. The Morgan fingerprint density at radius 1 is 0.955 bits per heavy atom. The summed E-state index contributed by atoms with van der Waals surface area (Å²) in [4.78, 5) is 27.8. The van der Waals surface area contributed by atoms with Gasteiger partial charge in [-0.15, -0.1) is 0 Å². The minimum atomic E-state index is 0.0583. The third kappa shape index (κ3) is 4.37. The molecule has 0 spiro atoms. The first kappa shape index (κ1) is 17.1. The van der Waals surface area contributed by atoms with Gasteiger partial charge in [-0.05, 0) is 31.1 Å². The largest absolute Gasteiger partial charge is 0.341 e. The van der Waals surface area contributed by atoms with Gasteiger partial charge in [-0.25, -0.2) is 4.79 Å². The molecule has 5 nitrogen and oxygen atoms in total. The molecule has 3 amide bonds. The third-order valence-electron chi connectivity index (χ3n) is 5.21. The van der Waals surface area contributed by atoms with Crippen LogP contribution < -0.4 is 5.32 Å². The van der Waals surface area contributed by atoms with Crippen LogP contribution in [-0.2, 0) is 4.79 Å². The van der Waals surface area contributed by atoms with Gasteiger partial charge in [0.25, 0.3) is 0 Å². The van der Waals surface area contributed by atoms with E-state index in [2.05, 4.69) is 19.2 Å². The van der Waals surface area contributed by atoms with Crippen molar-refractivity contribution in [1.29, 1.82) is 0 Å². The Hall–Kier alpha value is -1.26. The molecule has 2 aliphatic rings. The van der Waals surface area contributed by atoms with Gasteiger partial charge in [-0.2, -0.15) is 0 Å². The molecule has 2 fully saturated rings. The molecule has 0 aromatic rings. The van der Waals surface area contributed by atoms with Gasteiger partial charge in [0, 0.05) is 39.1 Å². The smallest absolute Gasteiger partial charge is 0.317 e. The monoisotopic (exact) mass is 309 g/mol. The van der Waals surface area contributed by atoms with Gasteiger partial charge in [-0.3, -0.25) is 4.79 Å². The van der Waals surface area contributed by atoms with Crippen LogP contribution in [0.25, 0.3) is 0 Å². The van der Waals surface area contributed by atoms with Crippen LogP contribution in [0.2, 0.25) is 0 Å². The van der Waals surface area contributed by atoms with E-state index in [4.69, 9.17) is 0 Å². The Kier molecular flexibility index (Phi) is 6.09. The lowest BCUT2D eigenvalue weighted by Gasteiger charge is -2.36. The lowest BCUT2D eigenvalue weighted by atomic mass is 9.78. The van der Waals surface area contributed by atoms with E-state index in [-0.39, 0.29) is 11.9 Å². The SMILES string of the molecule is CC(=O)N1CCCN(C(=O)NC2CCCCC2C(C)C)CC1. The quantitative estimate of drug-likeness (QED) is 0.852. The molecule has 5 heteroatoms. The van der Waals surface area contributed by atoms with Crippen molar-refractivity contribution in [3.63, 3.8) is 0 Å². The van der Waals surface area contributed by atoms with E-state index in [0.717, 1.165) is 25.9 Å². The van der Waals surface area contributed by atoms with Crippen LogP contribution in [0.15, 0.2) is 0 Å². The molecule has 1 saturated heterocycles. The van der Waals surface area contributed by atoms with Gasteiger partial charge in [0.15, 0.2) is 0 Å². The van der Waals surface area contributed by atoms with Gasteiger partial charge in [0.1, 0.15) is 0 Å². The molecule has 1 saturated carbocycles. The van der Waals surface area contributed by atoms with E-state index >= 15 is 0 Å². The molecule has 0 bridgehead atoms. The maximum atomic E-state index is 12.6. The number of hydrogen-bond acceptors (Lipinski definition) is 2. The molecule has 2 rings (SSSR count). The summed E-state index contributed by atoms with van der Waals surface area (Å²) in [5.74, 6) is 1.32. The number of nitrogens with one attached hydrogen (secondary N) is 1. The van der Waals surface area contributed by atoms with E-state index in [1.165, 1.54) is 19.3 Å². The van der Waals surface area contributed by atoms with Crippen LogP contribution in [0, 0.1) is 11.8 Å². The second-order valence-electron chi connectivity index (χ2n) is 7.09. The summed E-state index contributed by atoms with van der Waals surface area (Å²) in [6.07, 6.45) is 5.69. The molecular weight excluding hydrogens is 278 g/mol. The first-order chi connectivity index (χ1) is 10.5. The average molecular weight is 309 g/mol. The Balaban J connectivity index is 1.89. The van der Waals surface area contributed by atoms with Crippen molar-refractivity contribution >= 4 is 11.9 Å². The fraction of sp³-hybridized carbons (Fsp3) is 0.882. The molecule has 126 valence electrons. The summed E-state index contributed by atoms with van der Waals surface area (Å²) < 4.78 is 0. The van der Waals surface area contributed by atoms with Crippen LogP contribution in [0.3, 0.4) is 0 Å². The maximum Gasteiger partial charge on any atom is 0.317 e. The van der Waals surface area contributed by atoms with Gasteiger partial charge < -0.3 is 15.1 Å². The Morgan fingerprint density at radius 3 is 2.27 bits per heavy atom. The number of urea groups is 1. The molecule has 1 heterocycles. The molecule has 2 atom stereocenters. The van der Waals surface area contributed by atoms with E-state index in [1.54, 1.807) is 6.92 Å². The topological polar surface area (TPSA) is 52.7 Å². The highest BCUT2D eigenvalue weighted by molar-refractivity contribution is 5.75. The first-order valence-electron chi connectivity index (χ1n) is 8.80. The van der Waals surface area contributed by atoms with Crippen molar-refractivity contribution < 1.29 is 9.59 Å². The molecule has 1 aliphatic heterocycles. The summed E-state index contributed by atoms with van der Waals surface area (Å²) >= 11 is 0. The van der Waals surface area contributed by atoms with Crippen LogP contribution >= 0.6 is 0 Å². The summed E-state index contributed by atoms with van der Waals surface area (Å²) in [7, 11) is 0. The fourth-order valence-corrected chi connectivity index (χ4v) is 3.82. The highest BCUT2D eigenvalue weighted by Crippen LogP contribution is 2.30. The second-order valence-corrected chi connectivity index (χ2v) is 7.09. The summed E-state index contributed by atoms with van der Waals surface area (Å²) in [6.45, 7) is 8.92. The second kappa shape index (κ2) is 7.84. The van der Waals surface area contributed by atoms with Crippen molar-refractivity contribution in [2.24, 2.45) is 11.8 Å². The number of carbonyl (C=O) groups is 2. The summed E-state index contributed by atoms with van der Waals surface area (Å²) in [5.41, 5.74) is 0. The lowest BCUT2D eigenvalue weighted by molar-refractivity contribution is -0.128. The zero-order valence-corrected chi connectivity index (χ0v) is 14.3. The van der Waals surface area contributed by atoms with Gasteiger partial charge in [0.05, 0.1) is 0 Å². The van der Waals surface area contributed by atoms with Gasteiger partial charge >= 0.3 is 6.03 Å². The van der Waals surface area contributed by atoms with Crippen molar-refractivity contribution in [3.05, 3.63) is 0 Å². The van der Waals surface area contributed by atoms with E-state index in [1.807, 2.05) is 9.80 Å². The van der Waals surface area contributed by atoms with Gasteiger partial charge in [0.2, 0.25) is 5.91 Å². The number of nitrogens with zero attached hydrogens (tertiary/aromatic N) is 2. The third-order valence-corrected chi connectivity index (χ3v) is 5.21. The highest BCUT2D eigenvalue weighted by Gasteiger charge is 2.30. The predicted molar refractivity (Wildman–Crippen MR) is 87.6 cm³/mol. The van der Waals surface area contributed by atoms with Crippen LogP contribution in [0.5, 0.6) is 0 Å². The molecule has 0 aromatic carbocycles. The van der Waals surface area contributed by atoms with Crippen LogP contribution in [0.4, 0.5) is 4.79 Å². The molecule has 2 unspecified atom stereocenters. The molecule has 1 N–H and O–H groups in total. The lowest BCUT2D eigenvalue weighted by Crippen LogP contribution is -2.50. The zero-order valence-electron chi connectivity index (χ0n) is 14.3. The van der Waals surface area contributed by atoms with E-state index < -0.39 is 0 Å². The average Bonchev–Trinajstić information content (AvgIpc) is 2.73. The predicted octanol–water partition coefficient (Wildman–Crippen LogP) is 2.46. The standard InChI is InChI=1S/C17H31N3O2/c1-13(2)15-7-4-5-8-16(15)18-17(22)20-10-6-9-19(11-12-20)14(3)21/h13,15-16H,4-12H2,1-3H3,(H,18,22). The fourth-order valence-electron chi connectivity index (χ4n) is 3.82. The first-order valence-corrected chi connectivity index (χ1v) is 8.80. The number of hydrogen-bond donors (Lipinski definition) is 1. The molecular formula is C17H31N3O2. The minimum Gasteiger partial charge on any atom is -0.341 e.